The molecule has 0 aliphatic heterocycles. The highest BCUT2D eigenvalue weighted by molar-refractivity contribution is 5.95. The van der Waals surface area contributed by atoms with Crippen molar-refractivity contribution in [2.24, 2.45) is 0 Å². The molecule has 1 heterocycles. The van der Waals surface area contributed by atoms with Crippen LogP contribution in [0.3, 0.4) is 0 Å². The van der Waals surface area contributed by atoms with Crippen LogP contribution >= 0.6 is 0 Å². The first-order valence-electron chi connectivity index (χ1n) is 8.96. The Morgan fingerprint density at radius 1 is 1.18 bits per heavy atom. The van der Waals surface area contributed by atoms with E-state index in [0.29, 0.717) is 24.2 Å². The van der Waals surface area contributed by atoms with Gasteiger partial charge in [0.2, 0.25) is 0 Å². The third-order valence-corrected chi connectivity index (χ3v) is 4.33. The Morgan fingerprint density at radius 2 is 1.93 bits per heavy atom. The summed E-state index contributed by atoms with van der Waals surface area (Å²) in [5.74, 6) is -0.212. The predicted octanol–water partition coefficient (Wildman–Crippen LogP) is 2.32. The quantitative estimate of drug-likeness (QED) is 0.630. The Labute approximate surface area is 162 Å². The molecule has 1 N–H and O–H groups in total. The van der Waals surface area contributed by atoms with Crippen molar-refractivity contribution in [1.82, 2.24) is 20.3 Å². The zero-order valence-electron chi connectivity index (χ0n) is 16.0. The number of benzene rings is 2. The minimum absolute atomic E-state index is 0.324. The average Bonchev–Trinajstić information content (AvgIpc) is 3.14. The molecule has 146 valence electrons. The van der Waals surface area contributed by atoms with Gasteiger partial charge in [0.1, 0.15) is 11.3 Å². The van der Waals surface area contributed by atoms with Gasteiger partial charge in [-0.2, -0.15) is 0 Å². The zero-order valence-corrected chi connectivity index (χ0v) is 16.0. The van der Waals surface area contributed by atoms with Gasteiger partial charge in [-0.25, -0.2) is 9.48 Å². The monoisotopic (exact) mass is 382 g/mol. The minimum atomic E-state index is -0.923. The van der Waals surface area contributed by atoms with Crippen molar-refractivity contribution in [2.75, 3.05) is 7.11 Å². The zero-order chi connectivity index (χ0) is 20.1. The van der Waals surface area contributed by atoms with E-state index < -0.39 is 12.1 Å². The Morgan fingerprint density at radius 3 is 2.61 bits per heavy atom. The van der Waals surface area contributed by atoms with Crippen molar-refractivity contribution < 1.29 is 19.1 Å². The van der Waals surface area contributed by atoms with Gasteiger partial charge < -0.3 is 14.8 Å². The molecule has 1 aromatic heterocycles. The summed E-state index contributed by atoms with van der Waals surface area (Å²) in [6.07, 6.45) is -0.923. The Bertz CT molecular complexity index is 982. The predicted molar refractivity (Wildman–Crippen MR) is 103 cm³/mol. The van der Waals surface area contributed by atoms with Crippen LogP contribution in [-0.4, -0.2) is 40.1 Å². The molecule has 0 fully saturated rings. The number of methoxy groups -OCH3 is 1. The second-order valence-electron chi connectivity index (χ2n) is 6.22. The number of carbonyl (C=O) groups excluding carboxylic acids is 2. The second-order valence-corrected chi connectivity index (χ2v) is 6.22. The molecule has 28 heavy (non-hydrogen) atoms. The smallest absolute Gasteiger partial charge is 0.338 e. The van der Waals surface area contributed by atoms with E-state index in [1.807, 2.05) is 31.2 Å². The summed E-state index contributed by atoms with van der Waals surface area (Å²) >= 11 is 0. The molecule has 1 atom stereocenters. The minimum Gasteiger partial charge on any atom is -0.497 e. The van der Waals surface area contributed by atoms with E-state index in [9.17, 15) is 9.59 Å². The van der Waals surface area contributed by atoms with Crippen LogP contribution in [0, 0.1) is 0 Å². The Balaban J connectivity index is 1.57. The maximum Gasteiger partial charge on any atom is 0.338 e. The molecule has 0 spiro atoms. The van der Waals surface area contributed by atoms with E-state index in [1.165, 1.54) is 6.92 Å². The normalized spacial score (nSPS) is 11.8. The number of amides is 1. The lowest BCUT2D eigenvalue weighted by Crippen LogP contribution is -2.35. The number of hydrogen-bond acceptors (Lipinski definition) is 6. The van der Waals surface area contributed by atoms with Crippen LogP contribution in [0.5, 0.6) is 5.75 Å². The summed E-state index contributed by atoms with van der Waals surface area (Å²) in [7, 11) is 1.59. The number of aryl methyl sites for hydroxylation is 1. The van der Waals surface area contributed by atoms with Crippen molar-refractivity contribution >= 4 is 22.9 Å². The van der Waals surface area contributed by atoms with E-state index in [2.05, 4.69) is 15.6 Å². The van der Waals surface area contributed by atoms with Gasteiger partial charge in [0.25, 0.3) is 5.91 Å². The molecule has 0 saturated carbocycles. The van der Waals surface area contributed by atoms with E-state index in [4.69, 9.17) is 9.47 Å². The first kappa shape index (κ1) is 19.3. The lowest BCUT2D eigenvalue weighted by molar-refractivity contribution is -0.129. The highest BCUT2D eigenvalue weighted by Gasteiger charge is 2.19. The number of aromatic nitrogens is 3. The molecule has 8 nitrogen and oxygen atoms in total. The molecule has 1 amide bonds. The van der Waals surface area contributed by atoms with Gasteiger partial charge in [-0.1, -0.05) is 17.3 Å². The summed E-state index contributed by atoms with van der Waals surface area (Å²) in [5, 5.41) is 10.8. The standard InChI is InChI=1S/C20H22N4O4/c1-4-24-18-10-7-15(11-17(18)22-23-24)20(26)28-13(2)19(25)21-12-14-5-8-16(27-3)9-6-14/h5-11,13H,4,12H2,1-3H3,(H,21,25)/t13-/m0/s1. The first-order valence-corrected chi connectivity index (χ1v) is 8.96. The molecule has 0 radical (unpaired) electrons. The maximum atomic E-state index is 12.4. The van der Waals surface area contributed by atoms with Gasteiger partial charge in [-0.05, 0) is 49.7 Å². The molecule has 3 rings (SSSR count). The van der Waals surface area contributed by atoms with E-state index in [0.717, 1.165) is 16.8 Å². The number of ether oxygens (including phenoxy) is 2. The fraction of sp³-hybridized carbons (Fsp3) is 0.300. The molecule has 8 heteroatoms. The summed E-state index contributed by atoms with van der Waals surface area (Å²) in [6, 6.07) is 12.4. The summed E-state index contributed by atoms with van der Waals surface area (Å²) in [5.41, 5.74) is 2.68. The summed E-state index contributed by atoms with van der Waals surface area (Å²) < 4.78 is 12.1. The fourth-order valence-electron chi connectivity index (χ4n) is 2.69. The molecule has 0 aliphatic carbocycles. The van der Waals surface area contributed by atoms with Crippen molar-refractivity contribution in [3.05, 3.63) is 53.6 Å². The van der Waals surface area contributed by atoms with Crippen molar-refractivity contribution in [1.29, 1.82) is 0 Å². The van der Waals surface area contributed by atoms with Gasteiger partial charge in [0.05, 0.1) is 18.2 Å². The van der Waals surface area contributed by atoms with Gasteiger partial charge in [0, 0.05) is 13.1 Å². The van der Waals surface area contributed by atoms with Crippen molar-refractivity contribution in [3.8, 4) is 5.75 Å². The largest absolute Gasteiger partial charge is 0.497 e. The van der Waals surface area contributed by atoms with Crippen LogP contribution in [0.1, 0.15) is 29.8 Å². The highest BCUT2D eigenvalue weighted by atomic mass is 16.5. The SMILES string of the molecule is CCn1nnc2cc(C(=O)O[C@@H](C)C(=O)NCc3ccc(OC)cc3)ccc21. The van der Waals surface area contributed by atoms with Gasteiger partial charge in [-0.15, -0.1) is 5.10 Å². The first-order chi connectivity index (χ1) is 13.5. The number of rotatable bonds is 7. The van der Waals surface area contributed by atoms with Crippen LogP contribution in [0.25, 0.3) is 11.0 Å². The third kappa shape index (κ3) is 4.28. The number of carbonyl (C=O) groups is 2. The Hall–Kier alpha value is -3.42. The van der Waals surface area contributed by atoms with Crippen LogP contribution in [-0.2, 0) is 22.6 Å². The van der Waals surface area contributed by atoms with E-state index >= 15 is 0 Å². The highest BCUT2D eigenvalue weighted by Crippen LogP contribution is 2.15. The van der Waals surface area contributed by atoms with Gasteiger partial charge >= 0.3 is 5.97 Å². The summed E-state index contributed by atoms with van der Waals surface area (Å²) in [4.78, 5) is 24.6. The van der Waals surface area contributed by atoms with Crippen molar-refractivity contribution in [3.63, 3.8) is 0 Å². The molecule has 2 aromatic carbocycles. The lowest BCUT2D eigenvalue weighted by atomic mass is 10.2. The number of esters is 1. The van der Waals surface area contributed by atoms with Gasteiger partial charge in [0.15, 0.2) is 6.10 Å². The van der Waals surface area contributed by atoms with Crippen LogP contribution < -0.4 is 10.1 Å². The Kier molecular flexibility index (Phi) is 5.88. The van der Waals surface area contributed by atoms with Crippen LogP contribution in [0.15, 0.2) is 42.5 Å². The third-order valence-electron chi connectivity index (χ3n) is 4.33. The van der Waals surface area contributed by atoms with Crippen LogP contribution in [0.4, 0.5) is 0 Å². The topological polar surface area (TPSA) is 95.3 Å². The lowest BCUT2D eigenvalue weighted by Gasteiger charge is -2.14. The second kappa shape index (κ2) is 8.51. The molecule has 3 aromatic rings. The van der Waals surface area contributed by atoms with Crippen molar-refractivity contribution in [2.45, 2.75) is 33.0 Å². The molecular formula is C20H22N4O4. The molecule has 0 bridgehead atoms. The number of nitrogens with one attached hydrogen (secondary N) is 1. The molecule has 0 unspecified atom stereocenters. The number of hydrogen-bond donors (Lipinski definition) is 1. The number of fused-ring (bicyclic) bond motifs is 1. The average molecular weight is 382 g/mol. The maximum absolute atomic E-state index is 12.4. The molecular weight excluding hydrogens is 360 g/mol. The van der Waals surface area contributed by atoms with Gasteiger partial charge in [-0.3, -0.25) is 4.79 Å². The summed E-state index contributed by atoms with van der Waals surface area (Å²) in [6.45, 7) is 4.51. The van der Waals surface area contributed by atoms with Crippen LogP contribution in [0.2, 0.25) is 0 Å². The van der Waals surface area contributed by atoms with E-state index in [-0.39, 0.29) is 5.91 Å². The number of nitrogens with zero attached hydrogens (tertiary/aromatic N) is 3. The van der Waals surface area contributed by atoms with E-state index in [1.54, 1.807) is 30.0 Å². The fourth-order valence-corrected chi connectivity index (χ4v) is 2.69. The molecule has 0 saturated heterocycles. The molecule has 0 aliphatic rings.